The molecule has 9 nitrogen and oxygen atoms in total. The van der Waals surface area contributed by atoms with Gasteiger partial charge in [-0.15, -0.1) is 0 Å². The van der Waals surface area contributed by atoms with Gasteiger partial charge in [-0.2, -0.15) is 5.10 Å². The predicted octanol–water partition coefficient (Wildman–Crippen LogP) is 4.98. The van der Waals surface area contributed by atoms with Gasteiger partial charge in [-0.1, -0.05) is 13.8 Å². The van der Waals surface area contributed by atoms with E-state index >= 15 is 0 Å². The number of nitrogens with zero attached hydrogens (tertiary/aromatic N) is 5. The Morgan fingerprint density at radius 1 is 1.19 bits per heavy atom. The molecule has 2 unspecified atom stereocenters. The van der Waals surface area contributed by atoms with Gasteiger partial charge in [0, 0.05) is 36.1 Å². The van der Waals surface area contributed by atoms with Crippen LogP contribution in [-0.2, 0) is 4.74 Å². The molecule has 3 heterocycles. The van der Waals surface area contributed by atoms with Crippen LogP contribution in [0, 0.1) is 12.8 Å². The molecule has 1 amide bonds. The van der Waals surface area contributed by atoms with E-state index in [9.17, 15) is 4.79 Å². The summed E-state index contributed by atoms with van der Waals surface area (Å²) in [5.41, 5.74) is 3.43. The first kappa shape index (κ1) is 27.5. The van der Waals surface area contributed by atoms with Gasteiger partial charge >= 0.3 is 6.09 Å². The molecule has 0 aromatic carbocycles. The summed E-state index contributed by atoms with van der Waals surface area (Å²) in [5, 5.41) is 4.07. The molecular formula is C27H42N6O3. The maximum atomic E-state index is 12.8. The average molecular weight is 499 g/mol. The van der Waals surface area contributed by atoms with Crippen molar-refractivity contribution >= 4 is 23.2 Å². The van der Waals surface area contributed by atoms with Crippen LogP contribution in [-0.4, -0.2) is 63.1 Å². The number of ether oxygens (including phenoxy) is 2. The molecule has 2 aromatic heterocycles. The van der Waals surface area contributed by atoms with Gasteiger partial charge in [-0.05, 0) is 72.3 Å². The molecule has 0 radical (unpaired) electrons. The van der Waals surface area contributed by atoms with Crippen LogP contribution in [0.1, 0.15) is 78.5 Å². The second kappa shape index (κ2) is 11.3. The second-order valence-electron chi connectivity index (χ2n) is 10.3. The number of carbonyl (C=O) groups is 1. The maximum Gasteiger partial charge on any atom is 0.410 e. The van der Waals surface area contributed by atoms with Crippen molar-refractivity contribution < 1.29 is 14.3 Å². The Bertz CT molecular complexity index is 1130. The van der Waals surface area contributed by atoms with Crippen LogP contribution in [0.25, 0.3) is 5.65 Å². The average Bonchev–Trinajstić information content (AvgIpc) is 3.62. The summed E-state index contributed by atoms with van der Waals surface area (Å²) in [6.07, 6.45) is 5.48. The Balaban J connectivity index is 0.00000176. The number of methoxy groups -OCH3 is 1. The van der Waals surface area contributed by atoms with E-state index in [1.165, 1.54) is 0 Å². The Labute approximate surface area is 214 Å². The number of imidazole rings is 1. The van der Waals surface area contributed by atoms with Crippen LogP contribution in [0.2, 0.25) is 0 Å². The first-order chi connectivity index (χ1) is 17.1. The molecule has 1 saturated heterocycles. The van der Waals surface area contributed by atoms with Crippen molar-refractivity contribution in [1.29, 1.82) is 0 Å². The third-order valence-corrected chi connectivity index (χ3v) is 6.49. The number of carbonyl (C=O) groups excluding carboxylic acids is 1. The van der Waals surface area contributed by atoms with Crippen LogP contribution in [0.4, 0.5) is 4.79 Å². The summed E-state index contributed by atoms with van der Waals surface area (Å²) < 4.78 is 13.2. The van der Waals surface area contributed by atoms with Gasteiger partial charge in [0.2, 0.25) is 0 Å². The topological polar surface area (TPSA) is 107 Å². The Kier molecular flexibility index (Phi) is 8.63. The number of fused-ring (bicyclic) bond motifs is 1. The summed E-state index contributed by atoms with van der Waals surface area (Å²) in [5.74, 6) is 7.02. The molecule has 1 aliphatic heterocycles. The number of pyridine rings is 1. The summed E-state index contributed by atoms with van der Waals surface area (Å²) in [4.78, 5) is 24.2. The van der Waals surface area contributed by atoms with E-state index in [1.54, 1.807) is 13.3 Å². The van der Waals surface area contributed by atoms with Gasteiger partial charge in [0.1, 0.15) is 17.0 Å². The fraction of sp³-hybridized carbons (Fsp3) is 0.630. The van der Waals surface area contributed by atoms with E-state index in [1.807, 2.05) is 69.9 Å². The standard InChI is InChI=1S/C25H36N6O3.C2H6/c1-15-14-27-21-11-18(12-22(33-6)31(15)21)23(29-26)16(2)28-19-9-10-30(20(13-19)17-7-8-17)24(32)34-25(3,4)5;1-2/h11-12,14,17,19-20H,7-10,13,26H2,1-6H3;1-2H3/b28-16?,29-23+;. The number of aromatic nitrogens is 2. The quantitative estimate of drug-likeness (QED) is 0.355. The largest absolute Gasteiger partial charge is 0.482 e. The van der Waals surface area contributed by atoms with E-state index in [2.05, 4.69) is 10.1 Å². The Morgan fingerprint density at radius 2 is 1.89 bits per heavy atom. The summed E-state index contributed by atoms with van der Waals surface area (Å²) >= 11 is 0. The zero-order valence-corrected chi connectivity index (χ0v) is 23.0. The lowest BCUT2D eigenvalue weighted by Crippen LogP contribution is -2.50. The van der Waals surface area contributed by atoms with Crippen molar-refractivity contribution in [3.8, 4) is 5.88 Å². The molecule has 2 aliphatic rings. The molecule has 2 fully saturated rings. The van der Waals surface area contributed by atoms with Crippen LogP contribution < -0.4 is 10.6 Å². The zero-order chi connectivity index (χ0) is 26.6. The second-order valence-corrected chi connectivity index (χ2v) is 10.3. The van der Waals surface area contributed by atoms with E-state index in [0.29, 0.717) is 24.1 Å². The van der Waals surface area contributed by atoms with E-state index in [0.717, 1.165) is 48.3 Å². The number of aliphatic imine (C=N–C) groups is 1. The predicted molar refractivity (Wildman–Crippen MR) is 144 cm³/mol. The smallest absolute Gasteiger partial charge is 0.410 e. The van der Waals surface area contributed by atoms with Crippen LogP contribution in [0.15, 0.2) is 28.4 Å². The first-order valence-corrected chi connectivity index (χ1v) is 13.0. The van der Waals surface area contributed by atoms with Gasteiger partial charge in [0.25, 0.3) is 0 Å². The first-order valence-electron chi connectivity index (χ1n) is 13.0. The third kappa shape index (κ3) is 6.17. The minimum atomic E-state index is -0.501. The molecule has 36 heavy (non-hydrogen) atoms. The monoisotopic (exact) mass is 498 g/mol. The fourth-order valence-corrected chi connectivity index (χ4v) is 4.79. The fourth-order valence-electron chi connectivity index (χ4n) is 4.79. The van der Waals surface area contributed by atoms with Gasteiger partial charge in [0.15, 0.2) is 5.88 Å². The molecule has 0 spiro atoms. The number of likely N-dealkylation sites (tertiary alicyclic amines) is 1. The SMILES string of the molecule is CC.COc1cc(/C(=N/N)C(C)=NC2CCN(C(=O)OC(C)(C)C)C(C3CC3)C2)cc2ncc(C)n12. The maximum absolute atomic E-state index is 12.8. The molecule has 0 bridgehead atoms. The minimum Gasteiger partial charge on any atom is -0.482 e. The molecule has 1 saturated carbocycles. The molecule has 2 N–H and O–H groups in total. The zero-order valence-electron chi connectivity index (χ0n) is 23.0. The highest BCUT2D eigenvalue weighted by molar-refractivity contribution is 6.47. The van der Waals surface area contributed by atoms with Gasteiger partial charge in [-0.3, -0.25) is 9.39 Å². The number of rotatable bonds is 5. The minimum absolute atomic E-state index is 0.0975. The van der Waals surface area contributed by atoms with Gasteiger partial charge in [0.05, 0.1) is 18.9 Å². The Hall–Kier alpha value is -3.10. The lowest BCUT2D eigenvalue weighted by Gasteiger charge is -2.39. The van der Waals surface area contributed by atoms with Crippen molar-refractivity contribution in [2.75, 3.05) is 13.7 Å². The molecule has 2 atom stereocenters. The normalized spacial score (nSPS) is 21.2. The van der Waals surface area contributed by atoms with Crippen LogP contribution in [0.3, 0.4) is 0 Å². The highest BCUT2D eigenvalue weighted by atomic mass is 16.6. The van der Waals surface area contributed by atoms with Crippen LogP contribution >= 0.6 is 0 Å². The third-order valence-electron chi connectivity index (χ3n) is 6.49. The van der Waals surface area contributed by atoms with Crippen molar-refractivity contribution in [3.63, 3.8) is 0 Å². The highest BCUT2D eigenvalue weighted by Gasteiger charge is 2.42. The van der Waals surface area contributed by atoms with Crippen molar-refractivity contribution in [1.82, 2.24) is 14.3 Å². The highest BCUT2D eigenvalue weighted by Crippen LogP contribution is 2.40. The van der Waals surface area contributed by atoms with E-state index < -0.39 is 5.60 Å². The molecule has 9 heteroatoms. The van der Waals surface area contributed by atoms with Gasteiger partial charge in [-0.25, -0.2) is 9.78 Å². The van der Waals surface area contributed by atoms with Crippen molar-refractivity contribution in [2.24, 2.45) is 21.9 Å². The number of hydrogen-bond donors (Lipinski definition) is 1. The number of hydrogen-bond acceptors (Lipinski definition) is 7. The molecule has 198 valence electrons. The summed E-state index contributed by atoms with van der Waals surface area (Å²) in [7, 11) is 1.63. The van der Waals surface area contributed by atoms with Gasteiger partial charge < -0.3 is 20.2 Å². The molecule has 2 aromatic rings. The lowest BCUT2D eigenvalue weighted by atomic mass is 9.94. The number of piperidine rings is 1. The number of aryl methyl sites for hydroxylation is 1. The molecule has 1 aliphatic carbocycles. The molecule has 4 rings (SSSR count). The van der Waals surface area contributed by atoms with Crippen LogP contribution in [0.5, 0.6) is 5.88 Å². The number of hydrazone groups is 1. The van der Waals surface area contributed by atoms with E-state index in [4.69, 9.17) is 20.3 Å². The van der Waals surface area contributed by atoms with Crippen molar-refractivity contribution in [3.05, 3.63) is 29.6 Å². The van der Waals surface area contributed by atoms with Crippen molar-refractivity contribution in [2.45, 2.75) is 91.8 Å². The summed E-state index contributed by atoms with van der Waals surface area (Å²) in [6, 6.07) is 4.11. The number of nitrogens with two attached hydrogens (primary N) is 1. The Morgan fingerprint density at radius 3 is 2.47 bits per heavy atom. The number of amides is 1. The molecular weight excluding hydrogens is 456 g/mol. The van der Waals surface area contributed by atoms with E-state index in [-0.39, 0.29) is 18.2 Å². The summed E-state index contributed by atoms with van der Waals surface area (Å²) in [6.45, 7) is 14.3. The lowest BCUT2D eigenvalue weighted by molar-refractivity contribution is 0.00548.